The Morgan fingerprint density at radius 1 is 1.05 bits per heavy atom. The summed E-state index contributed by atoms with van der Waals surface area (Å²) in [6.45, 7) is 0.270. The number of Topliss-reactive ketones (excluding diaryl/α,β-unsaturated/α-hetero) is 1. The molecule has 1 aliphatic carbocycles. The summed E-state index contributed by atoms with van der Waals surface area (Å²) in [5.41, 5.74) is 0. The van der Waals surface area contributed by atoms with Crippen LogP contribution in [-0.2, 0) is 23.9 Å². The monoisotopic (exact) mass is 277 g/mol. The molecule has 0 aromatic heterocycles. The van der Waals surface area contributed by atoms with Crippen LogP contribution < -0.4 is 0 Å². The van der Waals surface area contributed by atoms with Crippen molar-refractivity contribution in [1.82, 2.24) is 4.90 Å². The quantitative estimate of drug-likeness (QED) is 0.499. The molecule has 2 amide bonds. The van der Waals surface area contributed by atoms with Gasteiger partial charge in [-0.1, -0.05) is 12.2 Å². The standard InChI is InChI=1S/C14H15NO5/c16-10-5-9(11-6-19-14(10)20-11)15-12(17)7-3-1-2-4-8(7)13(15)18/h1-2,7-9,11,14H,3-6H2/t7-,8+,9-,11-,14-/m1/s1. The summed E-state index contributed by atoms with van der Waals surface area (Å²) in [5, 5.41) is 0. The molecule has 5 atom stereocenters. The van der Waals surface area contributed by atoms with Crippen molar-refractivity contribution in [3.05, 3.63) is 12.2 Å². The molecule has 3 fully saturated rings. The maximum atomic E-state index is 12.5. The second-order valence-electron chi connectivity index (χ2n) is 5.78. The summed E-state index contributed by atoms with van der Waals surface area (Å²) in [6, 6.07) is -0.494. The molecule has 0 aromatic carbocycles. The number of amides is 2. The molecule has 106 valence electrons. The van der Waals surface area contributed by atoms with Crippen LogP contribution >= 0.6 is 0 Å². The maximum Gasteiger partial charge on any atom is 0.233 e. The van der Waals surface area contributed by atoms with Gasteiger partial charge in [-0.05, 0) is 12.8 Å². The highest BCUT2D eigenvalue weighted by Crippen LogP contribution is 2.39. The van der Waals surface area contributed by atoms with Crippen LogP contribution in [0, 0.1) is 11.8 Å². The van der Waals surface area contributed by atoms with E-state index in [4.69, 9.17) is 9.47 Å². The van der Waals surface area contributed by atoms with Gasteiger partial charge in [0.25, 0.3) is 0 Å². The highest BCUT2D eigenvalue weighted by atomic mass is 16.7. The average Bonchev–Trinajstić information content (AvgIpc) is 2.99. The third-order valence-corrected chi connectivity index (χ3v) is 4.69. The highest BCUT2D eigenvalue weighted by molar-refractivity contribution is 6.06. The Hall–Kier alpha value is -1.53. The Kier molecular flexibility index (Phi) is 2.59. The van der Waals surface area contributed by atoms with Gasteiger partial charge in [0.2, 0.25) is 18.1 Å². The lowest BCUT2D eigenvalue weighted by Gasteiger charge is -2.32. The Morgan fingerprint density at radius 2 is 1.70 bits per heavy atom. The van der Waals surface area contributed by atoms with Crippen molar-refractivity contribution in [1.29, 1.82) is 0 Å². The molecule has 0 spiro atoms. The number of hydrogen-bond donors (Lipinski definition) is 0. The minimum Gasteiger partial charge on any atom is -0.343 e. The van der Waals surface area contributed by atoms with Crippen LogP contribution in [0.1, 0.15) is 19.3 Å². The Balaban J connectivity index is 1.64. The molecule has 0 saturated carbocycles. The fourth-order valence-electron chi connectivity index (χ4n) is 3.63. The van der Waals surface area contributed by atoms with Crippen molar-refractivity contribution in [3.63, 3.8) is 0 Å². The SMILES string of the molecule is O=C1C[C@@H](N2C(=O)[C@H]3CC=CC[C@H]3C2=O)[C@H]2CO[C@@H]1O2. The first-order chi connectivity index (χ1) is 9.66. The smallest absolute Gasteiger partial charge is 0.233 e. The molecule has 6 heteroatoms. The van der Waals surface area contributed by atoms with Crippen LogP contribution in [0.5, 0.6) is 0 Å². The maximum absolute atomic E-state index is 12.5. The fraction of sp³-hybridized carbons (Fsp3) is 0.643. The molecule has 20 heavy (non-hydrogen) atoms. The molecule has 2 bridgehead atoms. The van der Waals surface area contributed by atoms with Gasteiger partial charge >= 0.3 is 0 Å². The predicted molar refractivity (Wildman–Crippen MR) is 65.2 cm³/mol. The first-order valence-corrected chi connectivity index (χ1v) is 6.98. The van der Waals surface area contributed by atoms with Crippen LogP contribution in [0.3, 0.4) is 0 Å². The molecule has 4 aliphatic rings. The number of allylic oxidation sites excluding steroid dienone is 2. The van der Waals surface area contributed by atoms with E-state index in [0.29, 0.717) is 12.8 Å². The average molecular weight is 277 g/mol. The largest absolute Gasteiger partial charge is 0.343 e. The van der Waals surface area contributed by atoms with Crippen LogP contribution in [0.25, 0.3) is 0 Å². The van der Waals surface area contributed by atoms with Crippen LogP contribution in [0.2, 0.25) is 0 Å². The summed E-state index contributed by atoms with van der Waals surface area (Å²) in [4.78, 5) is 38.1. The van der Waals surface area contributed by atoms with Gasteiger partial charge in [0.15, 0.2) is 5.78 Å². The van der Waals surface area contributed by atoms with Gasteiger partial charge < -0.3 is 9.47 Å². The van der Waals surface area contributed by atoms with E-state index >= 15 is 0 Å². The molecule has 0 aromatic rings. The molecule has 3 heterocycles. The Bertz CT molecular complexity index is 502. The zero-order valence-corrected chi connectivity index (χ0v) is 10.9. The van der Waals surface area contributed by atoms with Gasteiger partial charge in [-0.15, -0.1) is 0 Å². The molecule has 6 nitrogen and oxygen atoms in total. The Morgan fingerprint density at radius 3 is 2.35 bits per heavy atom. The highest BCUT2D eigenvalue weighted by Gasteiger charge is 2.55. The summed E-state index contributed by atoms with van der Waals surface area (Å²) >= 11 is 0. The van der Waals surface area contributed by atoms with Crippen LogP contribution in [0.4, 0.5) is 0 Å². The van der Waals surface area contributed by atoms with E-state index in [2.05, 4.69) is 0 Å². The van der Waals surface area contributed by atoms with E-state index in [9.17, 15) is 14.4 Å². The minimum absolute atomic E-state index is 0.152. The van der Waals surface area contributed by atoms with Crippen molar-refractivity contribution >= 4 is 17.6 Å². The number of nitrogens with zero attached hydrogens (tertiary/aromatic N) is 1. The van der Waals surface area contributed by atoms with Crippen molar-refractivity contribution < 1.29 is 23.9 Å². The molecule has 3 aliphatic heterocycles. The first-order valence-electron chi connectivity index (χ1n) is 6.98. The summed E-state index contributed by atoms with van der Waals surface area (Å²) in [7, 11) is 0. The number of ketones is 1. The topological polar surface area (TPSA) is 72.9 Å². The zero-order valence-electron chi connectivity index (χ0n) is 10.9. The molecule has 0 N–H and O–H groups in total. The normalized spacial score (nSPS) is 43.3. The summed E-state index contributed by atoms with van der Waals surface area (Å²) in [6.07, 6.45) is 4.11. The molecule has 0 unspecified atom stereocenters. The summed E-state index contributed by atoms with van der Waals surface area (Å²) in [5.74, 6) is -1.02. The molecule has 4 rings (SSSR count). The van der Waals surface area contributed by atoms with Gasteiger partial charge in [-0.3, -0.25) is 19.3 Å². The van der Waals surface area contributed by atoms with Gasteiger partial charge in [-0.2, -0.15) is 0 Å². The number of ether oxygens (including phenoxy) is 2. The van der Waals surface area contributed by atoms with E-state index in [1.165, 1.54) is 4.90 Å². The number of likely N-dealkylation sites (tertiary alicyclic amines) is 1. The van der Waals surface area contributed by atoms with Crippen molar-refractivity contribution in [2.75, 3.05) is 6.61 Å². The lowest BCUT2D eigenvalue weighted by atomic mass is 9.85. The first kappa shape index (κ1) is 12.2. The van der Waals surface area contributed by atoms with E-state index in [0.717, 1.165) is 0 Å². The van der Waals surface area contributed by atoms with Gasteiger partial charge in [0, 0.05) is 6.42 Å². The lowest BCUT2D eigenvalue weighted by molar-refractivity contribution is -0.163. The number of imide groups is 1. The van der Waals surface area contributed by atoms with Gasteiger partial charge in [-0.25, -0.2) is 0 Å². The van der Waals surface area contributed by atoms with E-state index in [-0.39, 0.29) is 48.6 Å². The molecular formula is C14H15NO5. The third-order valence-electron chi connectivity index (χ3n) is 4.69. The number of rotatable bonds is 1. The predicted octanol–water partition coefficient (Wildman–Crippen LogP) is 0.0205. The second kappa shape index (κ2) is 4.23. The minimum atomic E-state index is -0.798. The number of carbonyl (C=O) groups is 3. The van der Waals surface area contributed by atoms with Crippen molar-refractivity contribution in [2.24, 2.45) is 11.8 Å². The summed E-state index contributed by atoms with van der Waals surface area (Å²) < 4.78 is 10.7. The van der Waals surface area contributed by atoms with Crippen molar-refractivity contribution in [2.45, 2.75) is 37.7 Å². The molecule has 0 radical (unpaired) electrons. The van der Waals surface area contributed by atoms with Gasteiger partial charge in [0.1, 0.15) is 6.10 Å². The molecule has 3 saturated heterocycles. The number of fused-ring (bicyclic) bond motifs is 3. The zero-order chi connectivity index (χ0) is 13.9. The van der Waals surface area contributed by atoms with E-state index in [1.807, 2.05) is 12.2 Å². The Labute approximate surface area is 115 Å². The van der Waals surface area contributed by atoms with Crippen LogP contribution in [-0.4, -0.2) is 47.5 Å². The number of hydrogen-bond acceptors (Lipinski definition) is 5. The van der Waals surface area contributed by atoms with Crippen molar-refractivity contribution in [3.8, 4) is 0 Å². The van der Waals surface area contributed by atoms with E-state index < -0.39 is 12.3 Å². The van der Waals surface area contributed by atoms with Gasteiger partial charge in [0.05, 0.1) is 24.5 Å². The van der Waals surface area contributed by atoms with Crippen LogP contribution in [0.15, 0.2) is 12.2 Å². The second-order valence-corrected chi connectivity index (χ2v) is 5.78. The van der Waals surface area contributed by atoms with E-state index in [1.54, 1.807) is 0 Å². The lowest BCUT2D eigenvalue weighted by Crippen LogP contribution is -2.52. The number of carbonyl (C=O) groups excluding carboxylic acids is 3. The molecular weight excluding hydrogens is 262 g/mol. The third kappa shape index (κ3) is 1.55. The fourth-order valence-corrected chi connectivity index (χ4v) is 3.63.